The highest BCUT2D eigenvalue weighted by molar-refractivity contribution is 5.76. The van der Waals surface area contributed by atoms with E-state index in [0.29, 0.717) is 5.92 Å². The molecule has 98 valence electrons. The van der Waals surface area contributed by atoms with Crippen LogP contribution in [0.4, 0.5) is 0 Å². The van der Waals surface area contributed by atoms with Gasteiger partial charge in [0.15, 0.2) is 0 Å². The molecule has 3 heteroatoms. The van der Waals surface area contributed by atoms with E-state index in [9.17, 15) is 4.79 Å². The topological polar surface area (TPSA) is 55.1 Å². The molecule has 0 atom stereocenters. The minimum atomic E-state index is 0.202. The molecule has 0 saturated heterocycles. The van der Waals surface area contributed by atoms with E-state index in [2.05, 4.69) is 5.32 Å². The minimum absolute atomic E-state index is 0.202. The second kappa shape index (κ2) is 5.85. The fourth-order valence-electron chi connectivity index (χ4n) is 3.07. The van der Waals surface area contributed by atoms with E-state index in [0.717, 1.165) is 19.5 Å². The predicted molar refractivity (Wildman–Crippen MR) is 69.5 cm³/mol. The first-order valence-electron chi connectivity index (χ1n) is 7.21. The van der Waals surface area contributed by atoms with Crippen molar-refractivity contribution in [1.82, 2.24) is 5.32 Å². The third-order valence-electron chi connectivity index (χ3n) is 4.71. The van der Waals surface area contributed by atoms with Gasteiger partial charge in [-0.2, -0.15) is 0 Å². The second-order valence-electron chi connectivity index (χ2n) is 6.04. The van der Waals surface area contributed by atoms with Crippen molar-refractivity contribution in [1.29, 1.82) is 0 Å². The molecule has 3 nitrogen and oxygen atoms in total. The largest absolute Gasteiger partial charge is 0.355 e. The van der Waals surface area contributed by atoms with Gasteiger partial charge in [0.25, 0.3) is 0 Å². The summed E-state index contributed by atoms with van der Waals surface area (Å²) < 4.78 is 0. The van der Waals surface area contributed by atoms with Gasteiger partial charge in [0.2, 0.25) is 5.91 Å². The SMILES string of the molecule is NCC1(CNC(=O)CC2CCC2)CCCCC1. The van der Waals surface area contributed by atoms with Crippen LogP contribution in [0.2, 0.25) is 0 Å². The van der Waals surface area contributed by atoms with Crippen LogP contribution in [0.1, 0.15) is 57.8 Å². The van der Waals surface area contributed by atoms with Crippen LogP contribution < -0.4 is 11.1 Å². The summed E-state index contributed by atoms with van der Waals surface area (Å²) in [6.45, 7) is 1.52. The summed E-state index contributed by atoms with van der Waals surface area (Å²) in [6.07, 6.45) is 10.8. The maximum absolute atomic E-state index is 11.8. The molecule has 2 aliphatic carbocycles. The molecule has 0 bridgehead atoms. The quantitative estimate of drug-likeness (QED) is 0.771. The summed E-state index contributed by atoms with van der Waals surface area (Å²) in [5.41, 5.74) is 6.11. The molecule has 3 N–H and O–H groups in total. The molecule has 2 rings (SSSR count). The maximum Gasteiger partial charge on any atom is 0.220 e. The van der Waals surface area contributed by atoms with Gasteiger partial charge in [0.1, 0.15) is 0 Å². The first kappa shape index (κ1) is 12.9. The predicted octanol–water partition coefficient (Wildman–Crippen LogP) is 2.20. The molecule has 0 spiro atoms. The fraction of sp³-hybridized carbons (Fsp3) is 0.929. The highest BCUT2D eigenvalue weighted by atomic mass is 16.1. The molecule has 0 aromatic carbocycles. The van der Waals surface area contributed by atoms with E-state index in [1.165, 1.54) is 51.4 Å². The Morgan fingerprint density at radius 1 is 1.18 bits per heavy atom. The Hall–Kier alpha value is -0.570. The van der Waals surface area contributed by atoms with E-state index < -0.39 is 0 Å². The van der Waals surface area contributed by atoms with Gasteiger partial charge in [0, 0.05) is 13.0 Å². The van der Waals surface area contributed by atoms with Crippen LogP contribution in [0.5, 0.6) is 0 Å². The highest BCUT2D eigenvalue weighted by Gasteiger charge is 2.31. The molecule has 0 aliphatic heterocycles. The average Bonchev–Trinajstić information content (AvgIpc) is 2.32. The third-order valence-corrected chi connectivity index (χ3v) is 4.71. The summed E-state index contributed by atoms with van der Waals surface area (Å²) >= 11 is 0. The van der Waals surface area contributed by atoms with Crippen molar-refractivity contribution < 1.29 is 4.79 Å². The Morgan fingerprint density at radius 3 is 2.41 bits per heavy atom. The smallest absolute Gasteiger partial charge is 0.220 e. The zero-order valence-corrected chi connectivity index (χ0v) is 10.8. The van der Waals surface area contributed by atoms with Gasteiger partial charge in [-0.3, -0.25) is 4.79 Å². The highest BCUT2D eigenvalue weighted by Crippen LogP contribution is 2.35. The minimum Gasteiger partial charge on any atom is -0.355 e. The standard InChI is InChI=1S/C14H26N2O/c15-10-14(7-2-1-3-8-14)11-16-13(17)9-12-5-4-6-12/h12H,1-11,15H2,(H,16,17). The Labute approximate surface area is 105 Å². The number of hydrogen-bond donors (Lipinski definition) is 2. The van der Waals surface area contributed by atoms with E-state index in [1.54, 1.807) is 0 Å². The fourth-order valence-corrected chi connectivity index (χ4v) is 3.07. The van der Waals surface area contributed by atoms with Crippen molar-refractivity contribution in [3.63, 3.8) is 0 Å². The van der Waals surface area contributed by atoms with Gasteiger partial charge >= 0.3 is 0 Å². The summed E-state index contributed by atoms with van der Waals surface area (Å²) in [5.74, 6) is 0.906. The molecule has 0 unspecified atom stereocenters. The van der Waals surface area contributed by atoms with Crippen LogP contribution in [-0.4, -0.2) is 19.0 Å². The molecule has 0 radical (unpaired) electrons. The first-order valence-corrected chi connectivity index (χ1v) is 7.21. The number of carbonyl (C=O) groups is 1. The summed E-state index contributed by atoms with van der Waals surface area (Å²) in [5, 5.41) is 3.12. The Balaban J connectivity index is 1.72. The Kier molecular flexibility index (Phi) is 4.43. The van der Waals surface area contributed by atoms with Gasteiger partial charge in [-0.1, -0.05) is 25.7 Å². The molecular weight excluding hydrogens is 212 g/mol. The number of nitrogens with two attached hydrogens (primary N) is 1. The molecular formula is C14H26N2O. The second-order valence-corrected chi connectivity index (χ2v) is 6.04. The lowest BCUT2D eigenvalue weighted by Crippen LogP contribution is -2.44. The molecule has 0 aromatic heterocycles. The van der Waals surface area contributed by atoms with Gasteiger partial charge in [0.05, 0.1) is 0 Å². The summed E-state index contributed by atoms with van der Waals surface area (Å²) in [6, 6.07) is 0. The summed E-state index contributed by atoms with van der Waals surface area (Å²) in [7, 11) is 0. The molecule has 1 amide bonds. The van der Waals surface area contributed by atoms with Crippen molar-refractivity contribution in [2.45, 2.75) is 57.8 Å². The van der Waals surface area contributed by atoms with E-state index in [1.807, 2.05) is 0 Å². The van der Waals surface area contributed by atoms with Crippen LogP contribution in [0.25, 0.3) is 0 Å². The van der Waals surface area contributed by atoms with Crippen LogP contribution >= 0.6 is 0 Å². The average molecular weight is 238 g/mol. The number of hydrogen-bond acceptors (Lipinski definition) is 2. The van der Waals surface area contributed by atoms with Crippen molar-refractivity contribution >= 4 is 5.91 Å². The lowest BCUT2D eigenvalue weighted by atomic mass is 9.74. The van der Waals surface area contributed by atoms with Crippen molar-refractivity contribution in [3.8, 4) is 0 Å². The monoisotopic (exact) mass is 238 g/mol. The number of nitrogens with one attached hydrogen (secondary N) is 1. The Bertz CT molecular complexity index is 255. The van der Waals surface area contributed by atoms with Crippen molar-refractivity contribution in [3.05, 3.63) is 0 Å². The lowest BCUT2D eigenvalue weighted by molar-refractivity contribution is -0.123. The van der Waals surface area contributed by atoms with Crippen LogP contribution in [0, 0.1) is 11.3 Å². The number of carbonyl (C=O) groups excluding carboxylic acids is 1. The van der Waals surface area contributed by atoms with Crippen molar-refractivity contribution in [2.75, 3.05) is 13.1 Å². The van der Waals surface area contributed by atoms with E-state index >= 15 is 0 Å². The lowest BCUT2D eigenvalue weighted by Gasteiger charge is -2.36. The number of amides is 1. The van der Waals surface area contributed by atoms with Gasteiger partial charge in [-0.15, -0.1) is 0 Å². The van der Waals surface area contributed by atoms with E-state index in [4.69, 9.17) is 5.73 Å². The van der Waals surface area contributed by atoms with Gasteiger partial charge in [-0.05, 0) is 43.6 Å². The third kappa shape index (κ3) is 3.44. The van der Waals surface area contributed by atoms with Crippen LogP contribution in [0.3, 0.4) is 0 Å². The van der Waals surface area contributed by atoms with Crippen LogP contribution in [0.15, 0.2) is 0 Å². The zero-order chi connectivity index (χ0) is 12.1. The maximum atomic E-state index is 11.8. The van der Waals surface area contributed by atoms with Gasteiger partial charge < -0.3 is 11.1 Å². The molecule has 2 fully saturated rings. The summed E-state index contributed by atoms with van der Waals surface area (Å²) in [4.78, 5) is 11.8. The van der Waals surface area contributed by atoms with Crippen molar-refractivity contribution in [2.24, 2.45) is 17.1 Å². The first-order chi connectivity index (χ1) is 8.24. The zero-order valence-electron chi connectivity index (χ0n) is 10.8. The molecule has 0 heterocycles. The number of rotatable bonds is 5. The molecule has 2 aliphatic rings. The van der Waals surface area contributed by atoms with E-state index in [-0.39, 0.29) is 11.3 Å². The van der Waals surface area contributed by atoms with Gasteiger partial charge in [-0.25, -0.2) is 0 Å². The normalized spacial score (nSPS) is 24.1. The molecule has 17 heavy (non-hydrogen) atoms. The molecule has 2 saturated carbocycles. The van der Waals surface area contributed by atoms with Crippen LogP contribution in [-0.2, 0) is 4.79 Å². The Morgan fingerprint density at radius 2 is 1.88 bits per heavy atom. The molecule has 0 aromatic rings.